The summed E-state index contributed by atoms with van der Waals surface area (Å²) < 4.78 is 18.3. The van der Waals surface area contributed by atoms with E-state index in [1.165, 1.54) is 0 Å². The maximum absolute atomic E-state index is 12.7. The Morgan fingerprint density at radius 1 is 1.14 bits per heavy atom. The number of carbonyl (C=O) groups is 1. The van der Waals surface area contributed by atoms with Gasteiger partial charge in [-0.05, 0) is 73.4 Å². The predicted octanol–water partition coefficient (Wildman–Crippen LogP) is 6.07. The number of aromatic amines is 1. The molecule has 5 rings (SSSR count). The number of aryl methyl sites for hydroxylation is 1. The standard InChI is InChI=1S/C26H24BrN5O4/c1-2-3-7-22-25(19-6-4-5-8-20(19)35-22)36-26(33)28-14-16-9-11-18-17(13-16)10-12-21(24(18)27)34-15-23-29-31-32-30-23/h4-6,8-13H,2-3,7,14-15H2,1H3,(H,28,33)(H,29,30,31,32). The van der Waals surface area contributed by atoms with E-state index in [4.69, 9.17) is 13.9 Å². The second kappa shape index (κ2) is 10.8. The van der Waals surface area contributed by atoms with Gasteiger partial charge in [0.2, 0.25) is 0 Å². The van der Waals surface area contributed by atoms with Gasteiger partial charge in [0.1, 0.15) is 23.7 Å². The summed E-state index contributed by atoms with van der Waals surface area (Å²) in [5, 5.41) is 19.2. The number of unbranched alkanes of at least 4 members (excludes halogenated alkanes) is 1. The number of aromatic nitrogens is 4. The number of rotatable bonds is 9. The first-order valence-electron chi connectivity index (χ1n) is 11.6. The van der Waals surface area contributed by atoms with Gasteiger partial charge in [0, 0.05) is 13.0 Å². The highest BCUT2D eigenvalue weighted by Gasteiger charge is 2.18. The smallest absolute Gasteiger partial charge is 0.413 e. The van der Waals surface area contributed by atoms with E-state index in [-0.39, 0.29) is 6.61 Å². The molecule has 1 amide bonds. The molecule has 10 heteroatoms. The lowest BCUT2D eigenvalue weighted by Gasteiger charge is -2.11. The second-order valence-corrected chi connectivity index (χ2v) is 9.06. The Balaban J connectivity index is 1.26. The van der Waals surface area contributed by atoms with E-state index in [0.29, 0.717) is 41.6 Å². The molecule has 5 aromatic rings. The summed E-state index contributed by atoms with van der Waals surface area (Å²) in [6.07, 6.45) is 2.17. The van der Waals surface area contributed by atoms with Crippen molar-refractivity contribution in [1.82, 2.24) is 25.9 Å². The van der Waals surface area contributed by atoms with Gasteiger partial charge in [-0.15, -0.1) is 5.10 Å². The van der Waals surface area contributed by atoms with Crippen molar-refractivity contribution in [2.45, 2.75) is 39.3 Å². The molecule has 0 fully saturated rings. The Morgan fingerprint density at radius 2 is 2.03 bits per heavy atom. The lowest BCUT2D eigenvalue weighted by molar-refractivity contribution is 0.199. The first kappa shape index (κ1) is 23.8. The zero-order valence-corrected chi connectivity index (χ0v) is 21.2. The van der Waals surface area contributed by atoms with Gasteiger partial charge in [-0.25, -0.2) is 9.89 Å². The third-order valence-electron chi connectivity index (χ3n) is 5.74. The lowest BCUT2D eigenvalue weighted by Crippen LogP contribution is -2.26. The molecule has 0 aliphatic rings. The number of H-pyrrole nitrogens is 1. The fourth-order valence-corrected chi connectivity index (χ4v) is 4.53. The summed E-state index contributed by atoms with van der Waals surface area (Å²) in [6, 6.07) is 17.4. The number of furan rings is 1. The maximum Gasteiger partial charge on any atom is 0.413 e. The van der Waals surface area contributed by atoms with Crippen LogP contribution in [0.4, 0.5) is 4.79 Å². The zero-order valence-electron chi connectivity index (χ0n) is 19.6. The number of carbonyl (C=O) groups excluding carboxylic acids is 1. The Kier molecular flexibility index (Phi) is 7.13. The molecule has 0 unspecified atom stereocenters. The molecular formula is C26H24BrN5O4. The topological polar surface area (TPSA) is 115 Å². The number of ether oxygens (including phenoxy) is 2. The highest BCUT2D eigenvalue weighted by molar-refractivity contribution is 9.10. The highest BCUT2D eigenvalue weighted by atomic mass is 79.9. The largest absolute Gasteiger partial charge is 0.484 e. The van der Waals surface area contributed by atoms with Gasteiger partial charge < -0.3 is 19.2 Å². The van der Waals surface area contributed by atoms with Crippen LogP contribution in [0.25, 0.3) is 21.7 Å². The number of amides is 1. The predicted molar refractivity (Wildman–Crippen MR) is 138 cm³/mol. The summed E-state index contributed by atoms with van der Waals surface area (Å²) in [4.78, 5) is 12.7. The number of nitrogens with one attached hydrogen (secondary N) is 2. The number of fused-ring (bicyclic) bond motifs is 2. The fraction of sp³-hybridized carbons (Fsp3) is 0.231. The quantitative estimate of drug-likeness (QED) is 0.229. The maximum atomic E-state index is 12.7. The van der Waals surface area contributed by atoms with Crippen molar-refractivity contribution in [3.05, 3.63) is 76.2 Å². The van der Waals surface area contributed by atoms with Gasteiger partial charge in [-0.3, -0.25) is 0 Å². The molecule has 2 N–H and O–H groups in total. The minimum absolute atomic E-state index is 0.229. The van der Waals surface area contributed by atoms with Crippen LogP contribution >= 0.6 is 15.9 Å². The molecule has 2 aromatic heterocycles. The van der Waals surface area contributed by atoms with E-state index in [1.54, 1.807) is 0 Å². The molecule has 9 nitrogen and oxygen atoms in total. The average Bonchev–Trinajstić information content (AvgIpc) is 3.54. The van der Waals surface area contributed by atoms with E-state index < -0.39 is 6.09 Å². The summed E-state index contributed by atoms with van der Waals surface area (Å²) in [7, 11) is 0. The number of tetrazole rings is 1. The van der Waals surface area contributed by atoms with Crippen LogP contribution in [0.1, 0.15) is 36.9 Å². The molecular weight excluding hydrogens is 526 g/mol. The van der Waals surface area contributed by atoms with Crippen LogP contribution in [0.3, 0.4) is 0 Å². The van der Waals surface area contributed by atoms with Crippen LogP contribution in [0.2, 0.25) is 0 Å². The SMILES string of the molecule is CCCCc1oc2ccccc2c1OC(=O)NCc1ccc2c(Br)c(OCc3nnn[nH]3)ccc2c1. The summed E-state index contributed by atoms with van der Waals surface area (Å²) in [5.41, 5.74) is 1.66. The number of halogens is 1. The van der Waals surface area contributed by atoms with Crippen molar-refractivity contribution in [1.29, 1.82) is 0 Å². The average molecular weight is 550 g/mol. The first-order chi connectivity index (χ1) is 17.6. The molecule has 0 saturated carbocycles. The molecule has 0 bridgehead atoms. The Morgan fingerprint density at radius 3 is 2.86 bits per heavy atom. The van der Waals surface area contributed by atoms with Gasteiger partial charge in [0.15, 0.2) is 11.6 Å². The van der Waals surface area contributed by atoms with Crippen molar-refractivity contribution in [2.75, 3.05) is 0 Å². The molecule has 0 atom stereocenters. The molecule has 0 aliphatic heterocycles. The van der Waals surface area contributed by atoms with Crippen LogP contribution in [-0.2, 0) is 19.6 Å². The minimum atomic E-state index is -0.522. The number of benzene rings is 3. The molecule has 36 heavy (non-hydrogen) atoms. The van der Waals surface area contributed by atoms with Crippen molar-refractivity contribution >= 4 is 43.8 Å². The van der Waals surface area contributed by atoms with Crippen molar-refractivity contribution in [3.8, 4) is 11.5 Å². The summed E-state index contributed by atoms with van der Waals surface area (Å²) in [5.74, 6) is 2.41. The second-order valence-electron chi connectivity index (χ2n) is 8.27. The van der Waals surface area contributed by atoms with Gasteiger partial charge in [-0.2, -0.15) is 0 Å². The third kappa shape index (κ3) is 5.18. The minimum Gasteiger partial charge on any atom is -0.484 e. The molecule has 184 valence electrons. The molecule has 3 aromatic carbocycles. The molecule has 0 saturated heterocycles. The molecule has 0 radical (unpaired) electrons. The van der Waals surface area contributed by atoms with E-state index in [0.717, 1.165) is 39.0 Å². The van der Waals surface area contributed by atoms with Crippen molar-refractivity contribution < 1.29 is 18.7 Å². The Bertz CT molecular complexity index is 1500. The number of para-hydroxylation sites is 1. The van der Waals surface area contributed by atoms with Crippen LogP contribution < -0.4 is 14.8 Å². The molecule has 0 spiro atoms. The third-order valence-corrected chi connectivity index (χ3v) is 6.56. The number of nitrogens with zero attached hydrogens (tertiary/aromatic N) is 3. The van der Waals surface area contributed by atoms with Crippen LogP contribution in [0.15, 0.2) is 63.5 Å². The first-order valence-corrected chi connectivity index (χ1v) is 12.4. The molecule has 0 aliphatic carbocycles. The fourth-order valence-electron chi connectivity index (χ4n) is 3.92. The Hall–Kier alpha value is -3.92. The van der Waals surface area contributed by atoms with Gasteiger partial charge >= 0.3 is 6.09 Å². The molecule has 2 heterocycles. The highest BCUT2D eigenvalue weighted by Crippen LogP contribution is 2.35. The van der Waals surface area contributed by atoms with E-state index in [2.05, 4.69) is 48.8 Å². The van der Waals surface area contributed by atoms with Crippen LogP contribution in [-0.4, -0.2) is 26.7 Å². The monoisotopic (exact) mass is 549 g/mol. The van der Waals surface area contributed by atoms with Gasteiger partial charge in [0.25, 0.3) is 0 Å². The van der Waals surface area contributed by atoms with E-state index >= 15 is 0 Å². The van der Waals surface area contributed by atoms with E-state index in [9.17, 15) is 4.79 Å². The van der Waals surface area contributed by atoms with Gasteiger partial charge in [0.05, 0.1) is 9.86 Å². The lowest BCUT2D eigenvalue weighted by atomic mass is 10.1. The summed E-state index contributed by atoms with van der Waals surface area (Å²) >= 11 is 3.62. The van der Waals surface area contributed by atoms with Gasteiger partial charge in [-0.1, -0.05) is 43.7 Å². The number of hydrogen-bond donors (Lipinski definition) is 2. The summed E-state index contributed by atoms with van der Waals surface area (Å²) in [6.45, 7) is 2.67. The van der Waals surface area contributed by atoms with Crippen LogP contribution in [0, 0.1) is 0 Å². The van der Waals surface area contributed by atoms with Crippen molar-refractivity contribution in [2.24, 2.45) is 0 Å². The Labute approximate surface area is 215 Å². The number of hydrogen-bond acceptors (Lipinski definition) is 7. The van der Waals surface area contributed by atoms with Crippen molar-refractivity contribution in [3.63, 3.8) is 0 Å². The van der Waals surface area contributed by atoms with E-state index in [1.807, 2.05) is 54.6 Å². The van der Waals surface area contributed by atoms with Crippen LogP contribution in [0.5, 0.6) is 11.5 Å². The zero-order chi connectivity index (χ0) is 24.9. The normalized spacial score (nSPS) is 11.2.